The fourth-order valence-corrected chi connectivity index (χ4v) is 2.64. The Morgan fingerprint density at radius 3 is 2.48 bits per heavy atom. The molecule has 21 heavy (non-hydrogen) atoms. The standard InChI is InChI=1S/C14H19N3O4/c1-10-4-3-5-12(13(10)17(20)21)16-8-6-15(7-9-16)11(2)14(18)19/h3-5,11H,6-9H2,1-2H3,(H,18,19). The second kappa shape index (κ2) is 6.09. The molecule has 1 saturated heterocycles. The zero-order valence-electron chi connectivity index (χ0n) is 12.2. The molecule has 0 spiro atoms. The van der Waals surface area contributed by atoms with E-state index in [0.717, 1.165) is 0 Å². The summed E-state index contributed by atoms with van der Waals surface area (Å²) >= 11 is 0. The maximum Gasteiger partial charge on any atom is 0.320 e. The van der Waals surface area contributed by atoms with Gasteiger partial charge in [-0.2, -0.15) is 0 Å². The molecule has 1 aromatic carbocycles. The van der Waals surface area contributed by atoms with Gasteiger partial charge in [-0.3, -0.25) is 19.8 Å². The lowest BCUT2D eigenvalue weighted by Gasteiger charge is -2.37. The van der Waals surface area contributed by atoms with Crippen LogP contribution in [-0.2, 0) is 4.79 Å². The zero-order valence-corrected chi connectivity index (χ0v) is 12.2. The SMILES string of the molecule is Cc1cccc(N2CCN(C(C)C(=O)O)CC2)c1[N+](=O)[O-]. The maximum absolute atomic E-state index is 11.2. The molecule has 1 aromatic rings. The van der Waals surface area contributed by atoms with E-state index in [9.17, 15) is 14.9 Å². The Kier molecular flexibility index (Phi) is 4.42. The smallest absolute Gasteiger partial charge is 0.320 e. The number of aliphatic carboxylic acids is 1. The van der Waals surface area contributed by atoms with Crippen molar-refractivity contribution in [3.8, 4) is 0 Å². The average Bonchev–Trinajstić information content (AvgIpc) is 2.46. The Bertz CT molecular complexity index is 553. The van der Waals surface area contributed by atoms with Crippen molar-refractivity contribution in [3.63, 3.8) is 0 Å². The number of rotatable bonds is 4. The van der Waals surface area contributed by atoms with Gasteiger partial charge in [-0.1, -0.05) is 12.1 Å². The molecule has 1 atom stereocenters. The molecular formula is C14H19N3O4. The van der Waals surface area contributed by atoms with Crippen LogP contribution in [0.5, 0.6) is 0 Å². The van der Waals surface area contributed by atoms with Gasteiger partial charge in [-0.05, 0) is 19.9 Å². The molecule has 7 heteroatoms. The second-order valence-electron chi connectivity index (χ2n) is 5.24. The fraction of sp³-hybridized carbons (Fsp3) is 0.500. The van der Waals surface area contributed by atoms with Crippen LogP contribution in [0.25, 0.3) is 0 Å². The summed E-state index contributed by atoms with van der Waals surface area (Å²) in [5.74, 6) is -0.843. The van der Waals surface area contributed by atoms with Crippen molar-refractivity contribution in [2.75, 3.05) is 31.1 Å². The van der Waals surface area contributed by atoms with E-state index in [2.05, 4.69) is 0 Å². The van der Waals surface area contributed by atoms with Crippen LogP contribution in [-0.4, -0.2) is 53.1 Å². The van der Waals surface area contributed by atoms with Crippen LogP contribution in [0.2, 0.25) is 0 Å². The number of carbonyl (C=O) groups is 1. The fourth-order valence-electron chi connectivity index (χ4n) is 2.64. The van der Waals surface area contributed by atoms with Gasteiger partial charge in [0, 0.05) is 31.7 Å². The van der Waals surface area contributed by atoms with Crippen LogP contribution in [0.3, 0.4) is 0 Å². The molecule has 0 saturated carbocycles. The highest BCUT2D eigenvalue weighted by Crippen LogP contribution is 2.31. The van der Waals surface area contributed by atoms with E-state index in [1.165, 1.54) is 0 Å². The molecule has 0 amide bonds. The van der Waals surface area contributed by atoms with E-state index in [1.54, 1.807) is 26.0 Å². The van der Waals surface area contributed by atoms with E-state index >= 15 is 0 Å². The van der Waals surface area contributed by atoms with Crippen LogP contribution >= 0.6 is 0 Å². The number of para-hydroxylation sites is 1. The van der Waals surface area contributed by atoms with Crippen LogP contribution < -0.4 is 4.90 Å². The Balaban J connectivity index is 2.15. The highest BCUT2D eigenvalue weighted by Gasteiger charge is 2.28. The van der Waals surface area contributed by atoms with Crippen LogP contribution in [0.4, 0.5) is 11.4 Å². The molecule has 1 heterocycles. The Hall–Kier alpha value is -2.15. The molecule has 1 N–H and O–H groups in total. The summed E-state index contributed by atoms with van der Waals surface area (Å²) in [6, 6.07) is 4.76. The summed E-state index contributed by atoms with van der Waals surface area (Å²) < 4.78 is 0. The van der Waals surface area contributed by atoms with Crippen LogP contribution in [0.15, 0.2) is 18.2 Å². The van der Waals surface area contributed by atoms with Gasteiger partial charge in [0.15, 0.2) is 0 Å². The molecule has 7 nitrogen and oxygen atoms in total. The number of piperazine rings is 1. The van der Waals surface area contributed by atoms with Gasteiger partial charge in [-0.15, -0.1) is 0 Å². The van der Waals surface area contributed by atoms with E-state index in [-0.39, 0.29) is 10.6 Å². The number of nitro groups is 1. The third-order valence-electron chi connectivity index (χ3n) is 3.96. The molecule has 1 aliphatic heterocycles. The molecule has 0 bridgehead atoms. The normalized spacial score (nSPS) is 17.5. The van der Waals surface area contributed by atoms with E-state index in [1.807, 2.05) is 15.9 Å². The van der Waals surface area contributed by atoms with Crippen molar-refractivity contribution in [1.29, 1.82) is 0 Å². The topological polar surface area (TPSA) is 86.9 Å². The number of aryl methyl sites for hydroxylation is 1. The first-order valence-corrected chi connectivity index (χ1v) is 6.87. The number of benzene rings is 1. The highest BCUT2D eigenvalue weighted by molar-refractivity contribution is 5.73. The lowest BCUT2D eigenvalue weighted by atomic mass is 10.1. The van der Waals surface area contributed by atoms with Crippen molar-refractivity contribution < 1.29 is 14.8 Å². The molecule has 1 fully saturated rings. The molecule has 1 aliphatic rings. The Labute approximate surface area is 122 Å². The van der Waals surface area contributed by atoms with Gasteiger partial charge < -0.3 is 10.0 Å². The van der Waals surface area contributed by atoms with Gasteiger partial charge in [-0.25, -0.2) is 0 Å². The van der Waals surface area contributed by atoms with Crippen molar-refractivity contribution in [3.05, 3.63) is 33.9 Å². The third kappa shape index (κ3) is 3.13. The average molecular weight is 293 g/mol. The largest absolute Gasteiger partial charge is 0.480 e. The maximum atomic E-state index is 11.2. The van der Waals surface area contributed by atoms with Gasteiger partial charge in [0.05, 0.1) is 4.92 Å². The minimum absolute atomic E-state index is 0.136. The predicted molar refractivity (Wildman–Crippen MR) is 78.7 cm³/mol. The molecule has 0 radical (unpaired) electrons. The molecule has 0 aliphatic carbocycles. The highest BCUT2D eigenvalue weighted by atomic mass is 16.6. The third-order valence-corrected chi connectivity index (χ3v) is 3.96. The molecule has 114 valence electrons. The first-order chi connectivity index (χ1) is 9.91. The number of carboxylic acid groups (broad SMARTS) is 1. The number of nitrogens with zero attached hydrogens (tertiary/aromatic N) is 3. The summed E-state index contributed by atoms with van der Waals surface area (Å²) in [6.45, 7) is 5.72. The van der Waals surface area contributed by atoms with Gasteiger partial charge in [0.1, 0.15) is 11.7 Å². The lowest BCUT2D eigenvalue weighted by Crippen LogP contribution is -2.51. The first-order valence-electron chi connectivity index (χ1n) is 6.87. The summed E-state index contributed by atoms with van der Waals surface area (Å²) in [5, 5.41) is 20.3. The van der Waals surface area contributed by atoms with Crippen LogP contribution in [0, 0.1) is 17.0 Å². The Morgan fingerprint density at radius 2 is 1.95 bits per heavy atom. The number of carboxylic acids is 1. The number of nitro benzene ring substituents is 1. The van der Waals surface area contributed by atoms with Crippen molar-refractivity contribution in [2.45, 2.75) is 19.9 Å². The zero-order chi connectivity index (χ0) is 15.6. The summed E-state index contributed by atoms with van der Waals surface area (Å²) in [6.07, 6.45) is 0. The first kappa shape index (κ1) is 15.2. The molecule has 2 rings (SSSR count). The summed E-state index contributed by atoms with van der Waals surface area (Å²) in [7, 11) is 0. The summed E-state index contributed by atoms with van der Waals surface area (Å²) in [5.41, 5.74) is 1.39. The number of hydrogen-bond donors (Lipinski definition) is 1. The molecular weight excluding hydrogens is 274 g/mol. The van der Waals surface area contributed by atoms with Crippen molar-refractivity contribution in [1.82, 2.24) is 4.90 Å². The minimum atomic E-state index is -0.843. The van der Waals surface area contributed by atoms with Gasteiger partial charge >= 0.3 is 5.97 Å². The molecule has 0 aromatic heterocycles. The van der Waals surface area contributed by atoms with Crippen molar-refractivity contribution in [2.24, 2.45) is 0 Å². The van der Waals surface area contributed by atoms with Gasteiger partial charge in [0.2, 0.25) is 0 Å². The molecule has 1 unspecified atom stereocenters. The van der Waals surface area contributed by atoms with E-state index in [0.29, 0.717) is 37.4 Å². The Morgan fingerprint density at radius 1 is 1.33 bits per heavy atom. The second-order valence-corrected chi connectivity index (χ2v) is 5.24. The quantitative estimate of drug-likeness (QED) is 0.668. The van der Waals surface area contributed by atoms with Crippen LogP contribution in [0.1, 0.15) is 12.5 Å². The van der Waals surface area contributed by atoms with Gasteiger partial charge in [0.25, 0.3) is 5.69 Å². The predicted octanol–water partition coefficient (Wildman–Crippen LogP) is 1.50. The number of hydrogen-bond acceptors (Lipinski definition) is 5. The monoisotopic (exact) mass is 293 g/mol. The lowest BCUT2D eigenvalue weighted by molar-refractivity contribution is -0.384. The van der Waals surface area contributed by atoms with Crippen molar-refractivity contribution >= 4 is 17.3 Å². The van der Waals surface area contributed by atoms with E-state index in [4.69, 9.17) is 5.11 Å². The van der Waals surface area contributed by atoms with E-state index < -0.39 is 12.0 Å². The number of anilines is 1. The summed E-state index contributed by atoms with van der Waals surface area (Å²) in [4.78, 5) is 25.7. The minimum Gasteiger partial charge on any atom is -0.480 e.